The first-order valence-electron chi connectivity index (χ1n) is 20.7. The van der Waals surface area contributed by atoms with E-state index in [2.05, 4.69) is 53.8 Å². The van der Waals surface area contributed by atoms with Gasteiger partial charge in [-0.2, -0.15) is 9.50 Å². The van der Waals surface area contributed by atoms with Crippen LogP contribution in [0.25, 0.3) is 17.2 Å². The third-order valence-electron chi connectivity index (χ3n) is 11.0. The van der Waals surface area contributed by atoms with Gasteiger partial charge in [0.25, 0.3) is 11.5 Å². The van der Waals surface area contributed by atoms with Crippen molar-refractivity contribution in [3.05, 3.63) is 91.9 Å². The monoisotopic (exact) mass is 882 g/mol. The van der Waals surface area contributed by atoms with Crippen molar-refractivity contribution < 1.29 is 28.2 Å². The molecule has 0 radical (unpaired) electrons. The lowest BCUT2D eigenvalue weighted by molar-refractivity contribution is -0.116. The normalized spacial score (nSPS) is 12.7. The fourth-order valence-electron chi connectivity index (χ4n) is 7.18. The van der Waals surface area contributed by atoms with E-state index in [-0.39, 0.29) is 57.6 Å². The summed E-state index contributed by atoms with van der Waals surface area (Å²) in [6.07, 6.45) is 6.89. The minimum absolute atomic E-state index is 0.0384. The highest BCUT2D eigenvalue weighted by Crippen LogP contribution is 2.32. The molecule has 2 atom stereocenters. The molecule has 3 aromatic heterocycles. The van der Waals surface area contributed by atoms with E-state index in [9.17, 15) is 28.3 Å². The number of ether oxygens (including phenoxy) is 1. The third kappa shape index (κ3) is 11.8. The van der Waals surface area contributed by atoms with E-state index in [4.69, 9.17) is 33.3 Å². The van der Waals surface area contributed by atoms with Gasteiger partial charge in [0.2, 0.25) is 11.7 Å². The zero-order chi connectivity index (χ0) is 44.6. The summed E-state index contributed by atoms with van der Waals surface area (Å²) in [5, 5.41) is 17.9. The van der Waals surface area contributed by atoms with E-state index in [1.165, 1.54) is 28.5 Å². The Morgan fingerprint density at radius 3 is 2.41 bits per heavy atom. The predicted molar refractivity (Wildman–Crippen MR) is 233 cm³/mol. The van der Waals surface area contributed by atoms with Gasteiger partial charge in [0.05, 0.1) is 16.4 Å². The summed E-state index contributed by atoms with van der Waals surface area (Å²) in [5.41, 5.74) is 0.283. The number of carbonyl (C=O) groups is 2. The standard InChI is InChI=1S/C44H54Cl2F2N8O5/c1-8-20-54(42(60)38-39(58)29(7)49-25-50-38)21-19-27(5)12-17-33-36(10-3)55(24-37(57)51-35-18-16-32(23-34(35)45)61-44(46,47)48)43-52-40(53-56(43)41(33)59)31-15-13-28(6)30(22-31)14-11-26(4)9-2/h13,15-16,18,22-23,25-27,58H,8-12,14,17,19-21,24H2,1-7H3,(H,51,57). The predicted octanol–water partition coefficient (Wildman–Crippen LogP) is 9.18. The number of fused-ring (bicyclic) bond motifs is 1. The molecule has 2 aromatic carbocycles. The van der Waals surface area contributed by atoms with Crippen molar-refractivity contribution in [2.75, 3.05) is 18.4 Å². The molecule has 0 saturated carbocycles. The van der Waals surface area contributed by atoms with E-state index in [1.54, 1.807) is 16.4 Å². The van der Waals surface area contributed by atoms with Crippen molar-refractivity contribution in [2.24, 2.45) is 11.8 Å². The Kier molecular flexibility index (Phi) is 15.8. The number of rotatable bonds is 20. The molecule has 5 aromatic rings. The van der Waals surface area contributed by atoms with E-state index in [0.717, 1.165) is 36.5 Å². The zero-order valence-corrected chi connectivity index (χ0v) is 37.2. The molecule has 13 nitrogen and oxygen atoms in total. The number of aromatic hydroxyl groups is 1. The lowest BCUT2D eigenvalue weighted by Crippen LogP contribution is -2.34. The van der Waals surface area contributed by atoms with E-state index >= 15 is 0 Å². The number of alkyl halides is 3. The van der Waals surface area contributed by atoms with E-state index < -0.39 is 11.5 Å². The number of hydrogen-bond acceptors (Lipinski definition) is 9. The maximum atomic E-state index is 14.4. The second-order valence-electron chi connectivity index (χ2n) is 15.6. The summed E-state index contributed by atoms with van der Waals surface area (Å²) in [6, 6.07) is 9.66. The Hall–Kier alpha value is -5.15. The summed E-state index contributed by atoms with van der Waals surface area (Å²) < 4.78 is 33.8. The quantitative estimate of drug-likeness (QED) is 0.0728. The Bertz CT molecular complexity index is 2420. The summed E-state index contributed by atoms with van der Waals surface area (Å²) >= 11 is 11.3. The smallest absolute Gasteiger partial charge is 0.487 e. The van der Waals surface area contributed by atoms with Crippen molar-refractivity contribution in [3.63, 3.8) is 0 Å². The minimum atomic E-state index is -3.95. The van der Waals surface area contributed by atoms with Gasteiger partial charge in [-0.1, -0.05) is 64.8 Å². The molecular formula is C44H54Cl2F2N8O5. The Balaban J connectivity index is 1.47. The largest absolute Gasteiger partial charge is 0.504 e. The number of aromatic nitrogens is 6. The van der Waals surface area contributed by atoms with Crippen LogP contribution in [0.3, 0.4) is 0 Å². The zero-order valence-electron chi connectivity index (χ0n) is 35.7. The molecule has 2 N–H and O–H groups in total. The summed E-state index contributed by atoms with van der Waals surface area (Å²) in [4.78, 5) is 56.2. The lowest BCUT2D eigenvalue weighted by atomic mass is 9.95. The fraction of sp³-hybridized carbons (Fsp3) is 0.477. The molecule has 328 valence electrons. The molecule has 2 amide bonds. The molecule has 5 rings (SSSR count). The van der Waals surface area contributed by atoms with Crippen LogP contribution in [0.15, 0.2) is 47.5 Å². The van der Waals surface area contributed by atoms with Crippen LogP contribution in [-0.2, 0) is 30.6 Å². The number of amides is 2. The first-order valence-corrected chi connectivity index (χ1v) is 21.5. The van der Waals surface area contributed by atoms with Crippen LogP contribution in [0, 0.1) is 25.7 Å². The summed E-state index contributed by atoms with van der Waals surface area (Å²) in [6.45, 7) is 14.6. The van der Waals surface area contributed by atoms with Crippen molar-refractivity contribution in [1.29, 1.82) is 0 Å². The van der Waals surface area contributed by atoms with Crippen molar-refractivity contribution in [2.45, 2.75) is 112 Å². The molecule has 0 spiro atoms. The lowest BCUT2D eigenvalue weighted by Gasteiger charge is -2.24. The van der Waals surface area contributed by atoms with E-state index in [0.29, 0.717) is 73.9 Å². The van der Waals surface area contributed by atoms with Gasteiger partial charge in [0.1, 0.15) is 18.6 Å². The maximum absolute atomic E-state index is 14.4. The Labute approximate surface area is 364 Å². The van der Waals surface area contributed by atoms with Crippen LogP contribution in [0.2, 0.25) is 5.02 Å². The SMILES string of the molecule is CCCN(CCC(C)CCc1c(CC)n(CC(=O)Nc2ccc(OC(F)(F)Cl)cc2Cl)c2nc(-c3ccc(C)c(CCC(C)CC)c3)nn2c1=O)C(=O)c1ncnc(C)c1O. The Morgan fingerprint density at radius 2 is 1.74 bits per heavy atom. The number of halogens is 4. The number of carbonyl (C=O) groups excluding carboxylic acids is 2. The highest BCUT2D eigenvalue weighted by Gasteiger charge is 2.28. The van der Waals surface area contributed by atoms with Gasteiger partial charge in [-0.25, -0.2) is 9.97 Å². The van der Waals surface area contributed by atoms with Gasteiger partial charge in [-0.15, -0.1) is 13.9 Å². The first-order chi connectivity index (χ1) is 28.9. The molecule has 3 heterocycles. The second kappa shape index (κ2) is 20.6. The number of nitrogens with one attached hydrogen (secondary N) is 1. The molecule has 17 heteroatoms. The molecule has 0 aliphatic heterocycles. The maximum Gasteiger partial charge on any atom is 0.487 e. The van der Waals surface area contributed by atoms with Gasteiger partial charge in [0.15, 0.2) is 17.3 Å². The number of hydrogen-bond donors (Lipinski definition) is 2. The van der Waals surface area contributed by atoms with Gasteiger partial charge in [0, 0.05) is 47.6 Å². The van der Waals surface area contributed by atoms with Crippen LogP contribution in [0.1, 0.15) is 105 Å². The second-order valence-corrected chi connectivity index (χ2v) is 16.5. The molecule has 2 unspecified atom stereocenters. The molecule has 0 saturated heterocycles. The first kappa shape index (κ1) is 46.9. The average Bonchev–Trinajstić information content (AvgIpc) is 3.67. The van der Waals surface area contributed by atoms with Gasteiger partial charge in [-0.05, 0) is 100.0 Å². The molecule has 0 aliphatic rings. The number of anilines is 1. The minimum Gasteiger partial charge on any atom is -0.504 e. The van der Waals surface area contributed by atoms with Gasteiger partial charge in [-0.3, -0.25) is 14.4 Å². The number of nitrogens with zero attached hydrogens (tertiary/aromatic N) is 7. The van der Waals surface area contributed by atoms with Crippen LogP contribution in [-0.4, -0.2) is 69.6 Å². The van der Waals surface area contributed by atoms with Crippen LogP contribution < -0.4 is 15.6 Å². The van der Waals surface area contributed by atoms with Gasteiger partial charge >= 0.3 is 5.57 Å². The fourth-order valence-corrected chi connectivity index (χ4v) is 7.48. The Morgan fingerprint density at radius 1 is 1.00 bits per heavy atom. The van der Waals surface area contributed by atoms with Crippen molar-refractivity contribution in [3.8, 4) is 22.9 Å². The van der Waals surface area contributed by atoms with Crippen LogP contribution in [0.5, 0.6) is 11.5 Å². The van der Waals surface area contributed by atoms with Crippen LogP contribution in [0.4, 0.5) is 14.5 Å². The molecule has 0 fully saturated rings. The summed E-state index contributed by atoms with van der Waals surface area (Å²) in [7, 11) is 0. The number of aryl methyl sites for hydroxylation is 3. The summed E-state index contributed by atoms with van der Waals surface area (Å²) in [5.74, 6) is -0.281. The molecule has 61 heavy (non-hydrogen) atoms. The van der Waals surface area contributed by atoms with E-state index in [1.807, 2.05) is 26.0 Å². The highest BCUT2D eigenvalue weighted by atomic mass is 35.5. The molecule has 0 bridgehead atoms. The van der Waals surface area contributed by atoms with Crippen LogP contribution >= 0.6 is 23.2 Å². The third-order valence-corrected chi connectivity index (χ3v) is 11.4. The highest BCUT2D eigenvalue weighted by molar-refractivity contribution is 6.33. The molecule has 0 aliphatic carbocycles. The van der Waals surface area contributed by atoms with Crippen molar-refractivity contribution in [1.82, 2.24) is 34.0 Å². The van der Waals surface area contributed by atoms with Crippen molar-refractivity contribution >= 4 is 46.5 Å². The molecular weight excluding hydrogens is 829 g/mol. The van der Waals surface area contributed by atoms with Gasteiger partial charge < -0.3 is 24.6 Å². The topological polar surface area (TPSA) is 157 Å². The number of benzene rings is 2. The average molecular weight is 884 g/mol.